The lowest BCUT2D eigenvalue weighted by Crippen LogP contribution is -2.21. The molecular weight excluding hydrogens is 268 g/mol. The molecule has 0 spiro atoms. The number of aryl methyl sites for hydroxylation is 1. The monoisotopic (exact) mass is 278 g/mol. The molecule has 0 unspecified atom stereocenters. The van der Waals surface area contributed by atoms with Gasteiger partial charge in [-0.3, -0.25) is 9.20 Å². The first-order valence-electron chi connectivity index (χ1n) is 6.50. The molecule has 0 fully saturated rings. The summed E-state index contributed by atoms with van der Waals surface area (Å²) in [5, 5.41) is 0.645. The van der Waals surface area contributed by atoms with E-state index >= 15 is 0 Å². The molecule has 3 heterocycles. The SMILES string of the molecule is Cc1cccn2c(=O)c3c(=O)oc4ccccc4c3nc12. The van der Waals surface area contributed by atoms with E-state index in [1.54, 1.807) is 30.5 Å². The van der Waals surface area contributed by atoms with Gasteiger partial charge in [0, 0.05) is 11.6 Å². The number of pyridine rings is 1. The van der Waals surface area contributed by atoms with E-state index in [0.29, 0.717) is 22.1 Å². The quantitative estimate of drug-likeness (QED) is 0.281. The van der Waals surface area contributed by atoms with Gasteiger partial charge in [0.25, 0.3) is 5.56 Å². The average Bonchev–Trinajstić information content (AvgIpc) is 2.48. The van der Waals surface area contributed by atoms with E-state index in [0.717, 1.165) is 5.56 Å². The second-order valence-electron chi connectivity index (χ2n) is 4.91. The summed E-state index contributed by atoms with van der Waals surface area (Å²) in [7, 11) is 0. The van der Waals surface area contributed by atoms with E-state index in [9.17, 15) is 9.59 Å². The molecule has 0 amide bonds. The highest BCUT2D eigenvalue weighted by Gasteiger charge is 2.14. The third kappa shape index (κ3) is 1.54. The number of nitrogens with zero attached hydrogens (tertiary/aromatic N) is 2. The average molecular weight is 278 g/mol. The molecule has 4 aromatic rings. The number of hydrogen-bond donors (Lipinski definition) is 0. The van der Waals surface area contributed by atoms with Crippen LogP contribution in [0.25, 0.3) is 27.5 Å². The van der Waals surface area contributed by atoms with Crippen molar-refractivity contribution in [1.82, 2.24) is 9.38 Å². The van der Waals surface area contributed by atoms with Crippen molar-refractivity contribution < 1.29 is 4.42 Å². The highest BCUT2D eigenvalue weighted by molar-refractivity contribution is 6.01. The molecule has 0 N–H and O–H groups in total. The van der Waals surface area contributed by atoms with Crippen LogP contribution in [0, 0.1) is 6.92 Å². The summed E-state index contributed by atoms with van der Waals surface area (Å²) < 4.78 is 6.60. The fourth-order valence-electron chi connectivity index (χ4n) is 2.58. The number of fused-ring (bicyclic) bond motifs is 4. The van der Waals surface area contributed by atoms with Crippen LogP contribution in [0.5, 0.6) is 0 Å². The van der Waals surface area contributed by atoms with Crippen LogP contribution in [0.1, 0.15) is 5.56 Å². The predicted molar refractivity (Wildman–Crippen MR) is 79.7 cm³/mol. The molecule has 102 valence electrons. The molecule has 5 nitrogen and oxygen atoms in total. The first-order chi connectivity index (χ1) is 10.2. The van der Waals surface area contributed by atoms with Gasteiger partial charge < -0.3 is 4.42 Å². The van der Waals surface area contributed by atoms with Gasteiger partial charge in [-0.05, 0) is 30.7 Å². The Labute approximate surface area is 118 Å². The molecule has 0 saturated carbocycles. The fraction of sp³-hybridized carbons (Fsp3) is 0.0625. The van der Waals surface area contributed by atoms with Crippen molar-refractivity contribution in [2.75, 3.05) is 0 Å². The maximum absolute atomic E-state index is 12.6. The molecule has 0 aliphatic rings. The first-order valence-corrected chi connectivity index (χ1v) is 6.50. The van der Waals surface area contributed by atoms with Crippen molar-refractivity contribution in [3.05, 3.63) is 68.9 Å². The Hall–Kier alpha value is -2.95. The van der Waals surface area contributed by atoms with Crippen LogP contribution in [0.2, 0.25) is 0 Å². The minimum absolute atomic E-state index is 0.0169. The van der Waals surface area contributed by atoms with Crippen molar-refractivity contribution in [2.24, 2.45) is 0 Å². The van der Waals surface area contributed by atoms with Crippen LogP contribution in [0.4, 0.5) is 0 Å². The van der Waals surface area contributed by atoms with E-state index in [2.05, 4.69) is 4.98 Å². The molecule has 0 bridgehead atoms. The maximum Gasteiger partial charge on any atom is 0.351 e. The molecule has 21 heavy (non-hydrogen) atoms. The lowest BCUT2D eigenvalue weighted by Gasteiger charge is -2.06. The first kappa shape index (κ1) is 11.8. The molecule has 5 heteroatoms. The van der Waals surface area contributed by atoms with Crippen molar-refractivity contribution >= 4 is 27.5 Å². The largest absolute Gasteiger partial charge is 0.422 e. The van der Waals surface area contributed by atoms with Gasteiger partial charge in [0.1, 0.15) is 11.2 Å². The Balaban J connectivity index is 2.43. The maximum atomic E-state index is 12.6. The molecular formula is C16H10N2O3. The zero-order valence-electron chi connectivity index (χ0n) is 11.2. The zero-order chi connectivity index (χ0) is 14.6. The molecule has 4 rings (SSSR count). The van der Waals surface area contributed by atoms with Crippen LogP contribution in [-0.4, -0.2) is 9.38 Å². The molecule has 0 atom stereocenters. The van der Waals surface area contributed by atoms with Crippen molar-refractivity contribution in [3.8, 4) is 0 Å². The minimum atomic E-state index is -0.655. The van der Waals surface area contributed by atoms with Crippen LogP contribution < -0.4 is 11.2 Å². The van der Waals surface area contributed by atoms with Gasteiger partial charge in [-0.15, -0.1) is 0 Å². The standard InChI is InChI=1S/C16H10N2O3/c1-9-5-4-8-18-14(9)17-13-10-6-2-3-7-11(10)21-16(20)12(13)15(18)19/h2-8H,1H3. The fourth-order valence-corrected chi connectivity index (χ4v) is 2.58. The third-order valence-electron chi connectivity index (χ3n) is 3.60. The smallest absolute Gasteiger partial charge is 0.351 e. The number of hydrogen-bond acceptors (Lipinski definition) is 4. The van der Waals surface area contributed by atoms with Crippen LogP contribution >= 0.6 is 0 Å². The molecule has 1 aromatic carbocycles. The summed E-state index contributed by atoms with van der Waals surface area (Å²) >= 11 is 0. The highest BCUT2D eigenvalue weighted by atomic mass is 16.4. The van der Waals surface area contributed by atoms with Crippen molar-refractivity contribution in [3.63, 3.8) is 0 Å². The predicted octanol–water partition coefficient (Wildman–Crippen LogP) is 2.26. The number of rotatable bonds is 0. The van der Waals surface area contributed by atoms with Crippen LogP contribution in [-0.2, 0) is 0 Å². The summed E-state index contributed by atoms with van der Waals surface area (Å²) in [6.45, 7) is 1.88. The minimum Gasteiger partial charge on any atom is -0.422 e. The van der Waals surface area contributed by atoms with E-state index in [4.69, 9.17) is 4.42 Å². The van der Waals surface area contributed by atoms with E-state index in [1.165, 1.54) is 4.40 Å². The van der Waals surface area contributed by atoms with Gasteiger partial charge in [-0.25, -0.2) is 9.78 Å². The van der Waals surface area contributed by atoms with Crippen molar-refractivity contribution in [2.45, 2.75) is 6.92 Å². The second kappa shape index (κ2) is 4.02. The Morgan fingerprint density at radius 3 is 2.76 bits per heavy atom. The Morgan fingerprint density at radius 2 is 1.90 bits per heavy atom. The van der Waals surface area contributed by atoms with Gasteiger partial charge in [-0.2, -0.15) is 0 Å². The van der Waals surface area contributed by atoms with E-state index in [1.807, 2.05) is 19.1 Å². The van der Waals surface area contributed by atoms with Gasteiger partial charge in [0.05, 0.1) is 5.52 Å². The molecule has 3 aromatic heterocycles. The van der Waals surface area contributed by atoms with Gasteiger partial charge in [0.2, 0.25) is 0 Å². The topological polar surface area (TPSA) is 64.6 Å². The second-order valence-corrected chi connectivity index (χ2v) is 4.91. The summed E-state index contributed by atoms with van der Waals surface area (Å²) in [6, 6.07) is 10.7. The molecule has 0 radical (unpaired) electrons. The van der Waals surface area contributed by atoms with Gasteiger partial charge in [-0.1, -0.05) is 18.2 Å². The summed E-state index contributed by atoms with van der Waals surface area (Å²) in [5.74, 6) is 0. The number of benzene rings is 1. The number of para-hydroxylation sites is 1. The van der Waals surface area contributed by atoms with Crippen molar-refractivity contribution in [1.29, 1.82) is 0 Å². The zero-order valence-corrected chi connectivity index (χ0v) is 11.2. The van der Waals surface area contributed by atoms with Gasteiger partial charge >= 0.3 is 5.63 Å². The molecule has 0 aliphatic heterocycles. The summed E-state index contributed by atoms with van der Waals surface area (Å²) in [6.07, 6.45) is 1.60. The van der Waals surface area contributed by atoms with Gasteiger partial charge in [0.15, 0.2) is 5.39 Å². The lowest BCUT2D eigenvalue weighted by molar-refractivity contribution is 0.568. The molecule has 0 aliphatic carbocycles. The Bertz CT molecular complexity index is 1140. The van der Waals surface area contributed by atoms with Crippen LogP contribution in [0.15, 0.2) is 56.6 Å². The van der Waals surface area contributed by atoms with Crippen LogP contribution in [0.3, 0.4) is 0 Å². The van der Waals surface area contributed by atoms with E-state index < -0.39 is 11.2 Å². The lowest BCUT2D eigenvalue weighted by atomic mass is 10.1. The number of aromatic nitrogens is 2. The molecule has 0 saturated heterocycles. The summed E-state index contributed by atoms with van der Waals surface area (Å²) in [4.78, 5) is 29.2. The highest BCUT2D eigenvalue weighted by Crippen LogP contribution is 2.20. The van der Waals surface area contributed by atoms with E-state index in [-0.39, 0.29) is 5.39 Å². The third-order valence-corrected chi connectivity index (χ3v) is 3.60. The Morgan fingerprint density at radius 1 is 1.10 bits per heavy atom. The Kier molecular flexibility index (Phi) is 2.27. The normalized spacial score (nSPS) is 11.5. The summed E-state index contributed by atoms with van der Waals surface area (Å²) in [5.41, 5.74) is 1.18.